The Morgan fingerprint density at radius 3 is 2.71 bits per heavy atom. The first-order valence-electron chi connectivity index (χ1n) is 4.79. The molecule has 1 unspecified atom stereocenters. The van der Waals surface area contributed by atoms with Gasteiger partial charge in [-0.3, -0.25) is 4.79 Å². The normalized spacial score (nSPS) is 28.8. The van der Waals surface area contributed by atoms with E-state index in [0.717, 1.165) is 6.54 Å². The first kappa shape index (κ1) is 11.4. The number of carboxylic acid groups (broad SMARTS) is 1. The summed E-state index contributed by atoms with van der Waals surface area (Å²) in [6, 6.07) is 0. The molecule has 1 aliphatic heterocycles. The maximum absolute atomic E-state index is 12.3. The van der Waals surface area contributed by atoms with Gasteiger partial charge in [0.25, 0.3) is 0 Å². The van der Waals surface area contributed by atoms with Crippen LogP contribution in [0.3, 0.4) is 0 Å². The summed E-state index contributed by atoms with van der Waals surface area (Å²) in [5.41, 5.74) is -1.21. The largest absolute Gasteiger partial charge is 0.481 e. The van der Waals surface area contributed by atoms with E-state index in [4.69, 9.17) is 5.11 Å². The Balaban J connectivity index is 2.72. The van der Waals surface area contributed by atoms with Gasteiger partial charge in [0.2, 0.25) is 6.43 Å². The molecule has 0 amide bonds. The molecule has 0 radical (unpaired) electrons. The standard InChI is InChI=1S/C9H15F2NO2/c10-7(11)6-9(8(13)14)2-1-4-12-5-3-9/h7,12H,1-6H2,(H,13,14). The maximum atomic E-state index is 12.3. The van der Waals surface area contributed by atoms with Crippen LogP contribution in [0, 0.1) is 5.41 Å². The number of nitrogens with one attached hydrogen (secondary N) is 1. The first-order valence-corrected chi connectivity index (χ1v) is 4.79. The Morgan fingerprint density at radius 2 is 2.14 bits per heavy atom. The second kappa shape index (κ2) is 4.68. The van der Waals surface area contributed by atoms with E-state index in [-0.39, 0.29) is 0 Å². The molecule has 1 atom stereocenters. The van der Waals surface area contributed by atoms with Crippen molar-refractivity contribution in [1.82, 2.24) is 5.32 Å². The van der Waals surface area contributed by atoms with Gasteiger partial charge in [0.05, 0.1) is 5.41 Å². The van der Waals surface area contributed by atoms with Crippen LogP contribution in [-0.4, -0.2) is 30.6 Å². The van der Waals surface area contributed by atoms with E-state index in [9.17, 15) is 13.6 Å². The van der Waals surface area contributed by atoms with Crippen molar-refractivity contribution in [3.05, 3.63) is 0 Å². The molecule has 1 aliphatic rings. The Bertz CT molecular complexity index is 201. The van der Waals surface area contributed by atoms with E-state index in [1.165, 1.54) is 0 Å². The Labute approximate surface area is 81.5 Å². The summed E-state index contributed by atoms with van der Waals surface area (Å²) in [7, 11) is 0. The van der Waals surface area contributed by atoms with Gasteiger partial charge in [-0.05, 0) is 32.4 Å². The minimum absolute atomic E-state index is 0.298. The summed E-state index contributed by atoms with van der Waals surface area (Å²) in [5, 5.41) is 12.0. The van der Waals surface area contributed by atoms with Gasteiger partial charge in [0.1, 0.15) is 0 Å². The molecule has 14 heavy (non-hydrogen) atoms. The number of aliphatic carboxylic acids is 1. The van der Waals surface area contributed by atoms with Crippen LogP contribution >= 0.6 is 0 Å². The number of hydrogen-bond acceptors (Lipinski definition) is 2. The molecular formula is C9H15F2NO2. The summed E-state index contributed by atoms with van der Waals surface area (Å²) in [4.78, 5) is 11.0. The predicted octanol–water partition coefficient (Wildman–Crippen LogP) is 1.49. The Kier molecular flexibility index (Phi) is 3.80. The van der Waals surface area contributed by atoms with Gasteiger partial charge in [0, 0.05) is 6.42 Å². The SMILES string of the molecule is O=C(O)C1(CC(F)F)CCCNCC1. The zero-order chi connectivity index (χ0) is 10.6. The average molecular weight is 207 g/mol. The van der Waals surface area contributed by atoms with E-state index in [1.807, 2.05) is 0 Å². The zero-order valence-corrected chi connectivity index (χ0v) is 7.93. The second-order valence-electron chi connectivity index (χ2n) is 3.78. The van der Waals surface area contributed by atoms with Gasteiger partial charge in [-0.15, -0.1) is 0 Å². The summed E-state index contributed by atoms with van der Waals surface area (Å²) in [5.74, 6) is -1.08. The van der Waals surface area contributed by atoms with E-state index < -0.39 is 24.2 Å². The molecule has 82 valence electrons. The van der Waals surface area contributed by atoms with Gasteiger partial charge in [0.15, 0.2) is 0 Å². The minimum atomic E-state index is -2.54. The van der Waals surface area contributed by atoms with E-state index in [1.54, 1.807) is 0 Å². The molecule has 0 saturated carbocycles. The van der Waals surface area contributed by atoms with Crippen LogP contribution in [0.2, 0.25) is 0 Å². The fraction of sp³-hybridized carbons (Fsp3) is 0.889. The third-order valence-electron chi connectivity index (χ3n) is 2.79. The van der Waals surface area contributed by atoms with Crippen molar-refractivity contribution in [3.8, 4) is 0 Å². The van der Waals surface area contributed by atoms with Crippen molar-refractivity contribution in [2.24, 2.45) is 5.41 Å². The molecule has 1 fully saturated rings. The van der Waals surface area contributed by atoms with Crippen molar-refractivity contribution < 1.29 is 18.7 Å². The number of alkyl halides is 2. The van der Waals surface area contributed by atoms with E-state index >= 15 is 0 Å². The monoisotopic (exact) mass is 207 g/mol. The number of halogens is 2. The first-order chi connectivity index (χ1) is 6.57. The molecule has 5 heteroatoms. The van der Waals surface area contributed by atoms with Crippen molar-refractivity contribution in [2.45, 2.75) is 32.1 Å². The smallest absolute Gasteiger partial charge is 0.309 e. The van der Waals surface area contributed by atoms with Crippen molar-refractivity contribution in [3.63, 3.8) is 0 Å². The number of hydrogen-bond donors (Lipinski definition) is 2. The summed E-state index contributed by atoms with van der Waals surface area (Å²) in [6.07, 6.45) is -1.76. The number of carboxylic acids is 1. The van der Waals surface area contributed by atoms with Crippen molar-refractivity contribution >= 4 is 5.97 Å². The van der Waals surface area contributed by atoms with Gasteiger partial charge in [-0.25, -0.2) is 8.78 Å². The fourth-order valence-electron chi connectivity index (χ4n) is 1.93. The quantitative estimate of drug-likeness (QED) is 0.737. The lowest BCUT2D eigenvalue weighted by Gasteiger charge is -2.27. The highest BCUT2D eigenvalue weighted by atomic mass is 19.3. The lowest BCUT2D eigenvalue weighted by molar-refractivity contribution is -0.152. The van der Waals surface area contributed by atoms with Gasteiger partial charge in [-0.1, -0.05) is 0 Å². The fourth-order valence-corrected chi connectivity index (χ4v) is 1.93. The molecule has 1 heterocycles. The van der Waals surface area contributed by atoms with Gasteiger partial charge < -0.3 is 10.4 Å². The summed E-state index contributed by atoms with van der Waals surface area (Å²) >= 11 is 0. The van der Waals surface area contributed by atoms with Crippen LogP contribution in [0.4, 0.5) is 8.78 Å². The average Bonchev–Trinajstić information content (AvgIpc) is 2.29. The molecular weight excluding hydrogens is 192 g/mol. The highest BCUT2D eigenvalue weighted by Gasteiger charge is 2.40. The van der Waals surface area contributed by atoms with Crippen LogP contribution in [0.5, 0.6) is 0 Å². The zero-order valence-electron chi connectivity index (χ0n) is 7.93. The van der Waals surface area contributed by atoms with Gasteiger partial charge >= 0.3 is 5.97 Å². The summed E-state index contributed by atoms with van der Waals surface area (Å²) < 4.78 is 24.5. The Hall–Kier alpha value is -0.710. The van der Waals surface area contributed by atoms with Crippen LogP contribution in [0.1, 0.15) is 25.7 Å². The highest BCUT2D eigenvalue weighted by molar-refractivity contribution is 5.74. The van der Waals surface area contributed by atoms with Crippen molar-refractivity contribution in [1.29, 1.82) is 0 Å². The van der Waals surface area contributed by atoms with Crippen LogP contribution in [-0.2, 0) is 4.79 Å². The van der Waals surface area contributed by atoms with Crippen molar-refractivity contribution in [2.75, 3.05) is 13.1 Å². The number of carbonyl (C=O) groups is 1. The molecule has 0 aliphatic carbocycles. The minimum Gasteiger partial charge on any atom is -0.481 e. The molecule has 0 aromatic rings. The van der Waals surface area contributed by atoms with Crippen LogP contribution in [0.15, 0.2) is 0 Å². The molecule has 0 aromatic heterocycles. The molecule has 0 bridgehead atoms. The Morgan fingerprint density at radius 1 is 1.43 bits per heavy atom. The molecule has 3 nitrogen and oxygen atoms in total. The third-order valence-corrected chi connectivity index (χ3v) is 2.79. The topological polar surface area (TPSA) is 49.3 Å². The lowest BCUT2D eigenvalue weighted by atomic mass is 9.78. The molecule has 0 spiro atoms. The molecule has 2 N–H and O–H groups in total. The highest BCUT2D eigenvalue weighted by Crippen LogP contribution is 2.36. The van der Waals surface area contributed by atoms with Crippen LogP contribution < -0.4 is 5.32 Å². The third kappa shape index (κ3) is 2.64. The maximum Gasteiger partial charge on any atom is 0.309 e. The molecule has 1 saturated heterocycles. The van der Waals surface area contributed by atoms with Crippen LogP contribution in [0.25, 0.3) is 0 Å². The number of rotatable bonds is 3. The van der Waals surface area contributed by atoms with E-state index in [2.05, 4.69) is 5.32 Å². The molecule has 1 rings (SSSR count). The summed E-state index contributed by atoms with van der Waals surface area (Å²) in [6.45, 7) is 1.23. The van der Waals surface area contributed by atoms with E-state index in [0.29, 0.717) is 25.8 Å². The second-order valence-corrected chi connectivity index (χ2v) is 3.78. The van der Waals surface area contributed by atoms with Gasteiger partial charge in [-0.2, -0.15) is 0 Å². The molecule has 0 aromatic carbocycles. The predicted molar refractivity (Wildman–Crippen MR) is 47.4 cm³/mol. The lowest BCUT2D eigenvalue weighted by Crippen LogP contribution is -2.34.